The number of rotatable bonds is 6. The Kier molecular flexibility index (Phi) is 8.01. The first kappa shape index (κ1) is 20.0. The monoisotopic (exact) mass is 462 g/mol. The number of aliphatic imine (C=N–C) groups is 1. The van der Waals surface area contributed by atoms with E-state index in [1.807, 2.05) is 4.90 Å². The number of ether oxygens (including phenoxy) is 1. The van der Waals surface area contributed by atoms with Crippen LogP contribution in [-0.2, 0) is 4.74 Å². The minimum absolute atomic E-state index is 0. The maximum atomic E-state index is 12.3. The largest absolute Gasteiger partial charge is 0.459 e. The van der Waals surface area contributed by atoms with Gasteiger partial charge < -0.3 is 24.3 Å². The predicted octanol–water partition coefficient (Wildman–Crippen LogP) is 1.66. The van der Waals surface area contributed by atoms with Gasteiger partial charge in [0.25, 0.3) is 5.91 Å². The van der Waals surface area contributed by atoms with E-state index in [1.54, 1.807) is 19.2 Å². The minimum atomic E-state index is -0.0453. The van der Waals surface area contributed by atoms with E-state index in [4.69, 9.17) is 9.15 Å². The van der Waals surface area contributed by atoms with E-state index < -0.39 is 0 Å². The first-order valence-corrected chi connectivity index (χ1v) is 8.64. The molecule has 1 saturated heterocycles. The third-order valence-corrected chi connectivity index (χ3v) is 4.39. The maximum absolute atomic E-state index is 12.3. The molecule has 1 aromatic rings. The van der Waals surface area contributed by atoms with Gasteiger partial charge in [-0.15, -0.1) is 24.0 Å². The molecule has 2 fully saturated rings. The number of piperazine rings is 1. The van der Waals surface area contributed by atoms with Crippen LogP contribution in [-0.4, -0.2) is 74.7 Å². The highest BCUT2D eigenvalue weighted by Gasteiger charge is 2.25. The smallest absolute Gasteiger partial charge is 0.289 e. The minimum Gasteiger partial charge on any atom is -0.459 e. The van der Waals surface area contributed by atoms with Crippen LogP contribution in [0.4, 0.5) is 0 Å². The van der Waals surface area contributed by atoms with Crippen molar-refractivity contribution in [3.63, 3.8) is 0 Å². The third-order valence-electron chi connectivity index (χ3n) is 4.39. The van der Waals surface area contributed by atoms with E-state index in [9.17, 15) is 4.79 Å². The van der Waals surface area contributed by atoms with Crippen molar-refractivity contribution in [2.24, 2.45) is 10.9 Å². The Morgan fingerprint density at radius 1 is 1.32 bits per heavy atom. The van der Waals surface area contributed by atoms with Gasteiger partial charge >= 0.3 is 0 Å². The number of guanidine groups is 1. The van der Waals surface area contributed by atoms with Crippen LogP contribution in [0, 0.1) is 5.92 Å². The fourth-order valence-electron chi connectivity index (χ4n) is 2.78. The van der Waals surface area contributed by atoms with Crippen molar-refractivity contribution < 1.29 is 13.9 Å². The second kappa shape index (κ2) is 10.0. The van der Waals surface area contributed by atoms with Crippen molar-refractivity contribution in [2.75, 3.05) is 53.0 Å². The van der Waals surface area contributed by atoms with Crippen molar-refractivity contribution in [3.8, 4) is 0 Å². The Bertz CT molecular complexity index is 552. The Balaban J connectivity index is 0.00000225. The molecular weight excluding hydrogens is 435 g/mol. The zero-order valence-corrected chi connectivity index (χ0v) is 17.0. The van der Waals surface area contributed by atoms with Gasteiger partial charge in [0.05, 0.1) is 12.9 Å². The van der Waals surface area contributed by atoms with Crippen molar-refractivity contribution in [1.29, 1.82) is 0 Å². The molecule has 3 rings (SSSR count). The lowest BCUT2D eigenvalue weighted by molar-refractivity contribution is 0.0657. The second-order valence-electron chi connectivity index (χ2n) is 6.25. The normalized spacial score (nSPS) is 18.0. The standard InChI is InChI=1S/C17H26N4O3.HI/c1-18-17(19-6-12-23-13-14-4-5-14)21-9-7-20(8-10-21)16(22)15-3-2-11-24-15;/h2-3,11,14H,4-10,12-13H2,1H3,(H,18,19);1H. The van der Waals surface area contributed by atoms with Gasteiger partial charge in [-0.1, -0.05) is 0 Å². The molecule has 0 unspecified atom stereocenters. The summed E-state index contributed by atoms with van der Waals surface area (Å²) in [7, 11) is 1.79. The summed E-state index contributed by atoms with van der Waals surface area (Å²) in [6.07, 6.45) is 4.16. The topological polar surface area (TPSA) is 70.3 Å². The molecule has 140 valence electrons. The molecule has 2 aliphatic rings. The molecule has 8 heteroatoms. The summed E-state index contributed by atoms with van der Waals surface area (Å²) < 4.78 is 10.8. The molecule has 25 heavy (non-hydrogen) atoms. The predicted molar refractivity (Wildman–Crippen MR) is 107 cm³/mol. The molecule has 0 aromatic carbocycles. The number of nitrogens with zero attached hydrogens (tertiary/aromatic N) is 3. The molecule has 0 spiro atoms. The summed E-state index contributed by atoms with van der Waals surface area (Å²) >= 11 is 0. The lowest BCUT2D eigenvalue weighted by Gasteiger charge is -2.36. The number of halogens is 1. The van der Waals surface area contributed by atoms with Crippen LogP contribution in [0.3, 0.4) is 0 Å². The number of hydrogen-bond donors (Lipinski definition) is 1. The zero-order valence-electron chi connectivity index (χ0n) is 14.6. The van der Waals surface area contributed by atoms with Gasteiger partial charge in [-0.3, -0.25) is 9.79 Å². The number of hydrogen-bond acceptors (Lipinski definition) is 4. The third kappa shape index (κ3) is 5.88. The molecule has 1 saturated carbocycles. The van der Waals surface area contributed by atoms with Crippen LogP contribution in [0.2, 0.25) is 0 Å². The zero-order chi connectivity index (χ0) is 16.8. The number of carbonyl (C=O) groups excluding carboxylic acids is 1. The van der Waals surface area contributed by atoms with E-state index in [0.717, 1.165) is 38.1 Å². The molecule has 2 heterocycles. The fourth-order valence-corrected chi connectivity index (χ4v) is 2.78. The van der Waals surface area contributed by atoms with Gasteiger partial charge in [-0.05, 0) is 30.9 Å². The van der Waals surface area contributed by atoms with E-state index in [0.29, 0.717) is 25.5 Å². The van der Waals surface area contributed by atoms with Gasteiger partial charge in [0, 0.05) is 46.4 Å². The highest BCUT2D eigenvalue weighted by atomic mass is 127. The van der Waals surface area contributed by atoms with Gasteiger partial charge in [0.1, 0.15) is 0 Å². The van der Waals surface area contributed by atoms with Crippen LogP contribution >= 0.6 is 24.0 Å². The highest BCUT2D eigenvalue weighted by Crippen LogP contribution is 2.28. The molecule has 1 amide bonds. The maximum Gasteiger partial charge on any atom is 0.289 e. The van der Waals surface area contributed by atoms with Crippen LogP contribution in [0.15, 0.2) is 27.8 Å². The average molecular weight is 462 g/mol. The van der Waals surface area contributed by atoms with Crippen LogP contribution in [0.5, 0.6) is 0 Å². The summed E-state index contributed by atoms with van der Waals surface area (Å²) in [5.41, 5.74) is 0. The quantitative estimate of drug-likeness (QED) is 0.302. The van der Waals surface area contributed by atoms with E-state index >= 15 is 0 Å². The number of nitrogens with one attached hydrogen (secondary N) is 1. The van der Waals surface area contributed by atoms with Crippen molar-refractivity contribution in [1.82, 2.24) is 15.1 Å². The molecule has 1 aliphatic carbocycles. The Morgan fingerprint density at radius 2 is 2.04 bits per heavy atom. The fraction of sp³-hybridized carbons (Fsp3) is 0.647. The lowest BCUT2D eigenvalue weighted by Crippen LogP contribution is -2.54. The summed E-state index contributed by atoms with van der Waals surface area (Å²) in [4.78, 5) is 20.6. The molecule has 7 nitrogen and oxygen atoms in total. The molecule has 0 radical (unpaired) electrons. The van der Waals surface area contributed by atoms with Crippen molar-refractivity contribution in [2.45, 2.75) is 12.8 Å². The Labute approximate surface area is 165 Å². The second-order valence-corrected chi connectivity index (χ2v) is 6.25. The molecule has 0 bridgehead atoms. The molecule has 1 N–H and O–H groups in total. The number of amides is 1. The van der Waals surface area contributed by atoms with Gasteiger partial charge in [-0.25, -0.2) is 0 Å². The van der Waals surface area contributed by atoms with Gasteiger partial charge in [-0.2, -0.15) is 0 Å². The van der Waals surface area contributed by atoms with Gasteiger partial charge in [0.15, 0.2) is 11.7 Å². The SMILES string of the molecule is CN=C(NCCOCC1CC1)N1CCN(C(=O)c2ccco2)CC1.I. The molecule has 1 aromatic heterocycles. The van der Waals surface area contributed by atoms with E-state index in [2.05, 4.69) is 15.2 Å². The van der Waals surface area contributed by atoms with Crippen LogP contribution in [0.25, 0.3) is 0 Å². The highest BCUT2D eigenvalue weighted by molar-refractivity contribution is 14.0. The first-order chi connectivity index (χ1) is 11.8. The van der Waals surface area contributed by atoms with Crippen molar-refractivity contribution in [3.05, 3.63) is 24.2 Å². The molecular formula is C17H27IN4O3. The van der Waals surface area contributed by atoms with E-state index in [-0.39, 0.29) is 29.9 Å². The molecule has 1 aliphatic heterocycles. The van der Waals surface area contributed by atoms with Crippen LogP contribution in [0.1, 0.15) is 23.4 Å². The van der Waals surface area contributed by atoms with E-state index in [1.165, 1.54) is 19.1 Å². The van der Waals surface area contributed by atoms with Crippen LogP contribution < -0.4 is 5.32 Å². The van der Waals surface area contributed by atoms with Gasteiger partial charge in [0.2, 0.25) is 0 Å². The lowest BCUT2D eigenvalue weighted by atomic mass is 10.3. The first-order valence-electron chi connectivity index (χ1n) is 8.64. The van der Waals surface area contributed by atoms with Crippen molar-refractivity contribution >= 4 is 35.8 Å². The number of carbonyl (C=O) groups is 1. The summed E-state index contributed by atoms with van der Waals surface area (Å²) in [6.45, 7) is 5.19. The number of furan rings is 1. The summed E-state index contributed by atoms with van der Waals surface area (Å²) in [5, 5.41) is 3.33. The summed E-state index contributed by atoms with van der Waals surface area (Å²) in [6, 6.07) is 3.44. The average Bonchev–Trinajstić information content (AvgIpc) is 3.28. The Morgan fingerprint density at radius 3 is 2.64 bits per heavy atom. The Hall–Kier alpha value is -1.29. The molecule has 0 atom stereocenters. The summed E-state index contributed by atoms with van der Waals surface area (Å²) in [5.74, 6) is 2.02.